The average molecular weight is 306 g/mol. The Balaban J connectivity index is 2.33. The van der Waals surface area contributed by atoms with E-state index in [0.717, 1.165) is 18.4 Å². The Morgan fingerprint density at radius 3 is 2.67 bits per heavy atom. The van der Waals surface area contributed by atoms with Gasteiger partial charge in [0.25, 0.3) is 0 Å². The number of rotatable bonds is 4. The molecule has 0 amide bonds. The van der Waals surface area contributed by atoms with Crippen LogP contribution in [0.2, 0.25) is 0 Å². The number of benzene rings is 1. The highest BCUT2D eigenvalue weighted by molar-refractivity contribution is 7.89. The molecular weight excluding hydrogens is 284 g/mol. The number of nitrogens with zero attached hydrogens (tertiary/aromatic N) is 1. The predicted octanol–water partition coefficient (Wildman–Crippen LogP) is 1.73. The number of hydrogen-bond donors (Lipinski definition) is 1. The van der Waals surface area contributed by atoms with Crippen LogP contribution in [0.3, 0.4) is 0 Å². The van der Waals surface area contributed by atoms with Gasteiger partial charge in [0.05, 0.1) is 11.4 Å². The van der Waals surface area contributed by atoms with E-state index in [2.05, 4.69) is 11.8 Å². The van der Waals surface area contributed by atoms with Gasteiger partial charge in [-0.1, -0.05) is 24.3 Å². The summed E-state index contributed by atoms with van der Waals surface area (Å²) in [6.45, 7) is 2.72. The minimum Gasteiger partial charge on any atom is -0.320 e. The van der Waals surface area contributed by atoms with Crippen LogP contribution in [0.1, 0.15) is 30.4 Å². The summed E-state index contributed by atoms with van der Waals surface area (Å²) >= 11 is 0. The molecule has 1 aromatic rings. The van der Waals surface area contributed by atoms with E-state index in [1.165, 1.54) is 10.7 Å². The summed E-state index contributed by atoms with van der Waals surface area (Å²) in [5, 5.41) is 0. The van der Waals surface area contributed by atoms with E-state index >= 15 is 0 Å². The zero-order valence-electron chi connectivity index (χ0n) is 12.6. The first-order chi connectivity index (χ1) is 9.95. The molecule has 5 heteroatoms. The number of hydrogen-bond acceptors (Lipinski definition) is 3. The van der Waals surface area contributed by atoms with Crippen molar-refractivity contribution in [3.05, 3.63) is 29.3 Å². The molecule has 0 atom stereocenters. The van der Waals surface area contributed by atoms with Crippen LogP contribution in [-0.4, -0.2) is 32.9 Å². The van der Waals surface area contributed by atoms with Gasteiger partial charge in [-0.25, -0.2) is 12.7 Å². The summed E-state index contributed by atoms with van der Waals surface area (Å²) in [5.74, 6) is 6.11. The first kappa shape index (κ1) is 16.0. The predicted molar refractivity (Wildman–Crippen MR) is 84.3 cm³/mol. The Labute approximate surface area is 127 Å². The summed E-state index contributed by atoms with van der Waals surface area (Å²) in [7, 11) is -1.85. The molecule has 0 saturated heterocycles. The molecule has 0 aliphatic heterocycles. The van der Waals surface area contributed by atoms with Crippen LogP contribution >= 0.6 is 0 Å². The fourth-order valence-electron chi connectivity index (χ4n) is 2.42. The van der Waals surface area contributed by atoms with Crippen molar-refractivity contribution in [2.75, 3.05) is 20.1 Å². The molecule has 0 radical (unpaired) electrons. The second-order valence-electron chi connectivity index (χ2n) is 5.59. The molecule has 2 N–H and O–H groups in total. The van der Waals surface area contributed by atoms with Gasteiger partial charge in [-0.2, -0.15) is 0 Å². The number of sulfonamides is 1. The topological polar surface area (TPSA) is 63.4 Å². The van der Waals surface area contributed by atoms with E-state index in [1.54, 1.807) is 25.2 Å². The fraction of sp³-hybridized carbons (Fsp3) is 0.500. The largest absolute Gasteiger partial charge is 0.320 e. The monoisotopic (exact) mass is 306 g/mol. The van der Waals surface area contributed by atoms with Gasteiger partial charge in [-0.15, -0.1) is 0 Å². The van der Waals surface area contributed by atoms with Crippen molar-refractivity contribution in [2.24, 2.45) is 11.7 Å². The Bertz CT molecular complexity index is 667. The summed E-state index contributed by atoms with van der Waals surface area (Å²) in [4.78, 5) is 0.274. The molecule has 1 aliphatic carbocycles. The van der Waals surface area contributed by atoms with E-state index in [4.69, 9.17) is 5.73 Å². The van der Waals surface area contributed by atoms with Gasteiger partial charge in [-0.3, -0.25) is 0 Å². The lowest BCUT2D eigenvalue weighted by Crippen LogP contribution is -2.34. The third kappa shape index (κ3) is 3.65. The average Bonchev–Trinajstić information content (AvgIpc) is 2.40. The van der Waals surface area contributed by atoms with E-state index in [9.17, 15) is 8.42 Å². The second kappa shape index (κ2) is 6.61. The zero-order chi connectivity index (χ0) is 15.5. The lowest BCUT2D eigenvalue weighted by atomic mass is 9.86. The Morgan fingerprint density at radius 2 is 2.10 bits per heavy atom. The van der Waals surface area contributed by atoms with Crippen molar-refractivity contribution in [2.45, 2.75) is 31.1 Å². The van der Waals surface area contributed by atoms with E-state index in [0.29, 0.717) is 18.0 Å². The Hall–Kier alpha value is -1.35. The molecule has 21 heavy (non-hydrogen) atoms. The van der Waals surface area contributed by atoms with Crippen molar-refractivity contribution in [3.8, 4) is 11.8 Å². The number of nitrogens with two attached hydrogens (primary N) is 1. The molecule has 2 rings (SSSR count). The van der Waals surface area contributed by atoms with Crippen molar-refractivity contribution >= 4 is 10.0 Å². The van der Waals surface area contributed by atoms with Crippen LogP contribution in [0.5, 0.6) is 0 Å². The van der Waals surface area contributed by atoms with Gasteiger partial charge in [0.1, 0.15) is 0 Å². The number of aryl methyl sites for hydroxylation is 1. The van der Waals surface area contributed by atoms with Crippen LogP contribution in [0.25, 0.3) is 0 Å². The third-order valence-electron chi connectivity index (χ3n) is 3.89. The minimum absolute atomic E-state index is 0.214. The standard InChI is InChI=1S/C16H22N2O2S/c1-13-8-9-16(15(11-13)7-4-10-17)21(19,20)18(2)12-14-5-3-6-14/h8-9,11,14H,3,5-6,10,12,17H2,1-2H3. The second-order valence-corrected chi connectivity index (χ2v) is 7.60. The van der Waals surface area contributed by atoms with Crippen LogP contribution < -0.4 is 5.73 Å². The van der Waals surface area contributed by atoms with Gasteiger partial charge < -0.3 is 5.73 Å². The molecule has 114 valence electrons. The van der Waals surface area contributed by atoms with Gasteiger partial charge in [0.15, 0.2) is 0 Å². The van der Waals surface area contributed by atoms with Crippen molar-refractivity contribution in [3.63, 3.8) is 0 Å². The molecule has 0 heterocycles. The highest BCUT2D eigenvalue weighted by Gasteiger charge is 2.28. The molecule has 1 aromatic carbocycles. The fourth-order valence-corrected chi connectivity index (χ4v) is 3.79. The van der Waals surface area contributed by atoms with Crippen LogP contribution in [-0.2, 0) is 10.0 Å². The summed E-state index contributed by atoms with van der Waals surface area (Å²) in [6.07, 6.45) is 3.44. The van der Waals surface area contributed by atoms with E-state index in [1.807, 2.05) is 6.92 Å². The molecule has 0 aromatic heterocycles. The maximum atomic E-state index is 12.7. The van der Waals surface area contributed by atoms with Gasteiger partial charge in [0.2, 0.25) is 10.0 Å². The van der Waals surface area contributed by atoms with Crippen LogP contribution in [0, 0.1) is 24.7 Å². The Morgan fingerprint density at radius 1 is 1.38 bits per heavy atom. The SMILES string of the molecule is Cc1ccc(S(=O)(=O)N(C)CC2CCC2)c(C#CCN)c1. The maximum Gasteiger partial charge on any atom is 0.244 e. The first-order valence-corrected chi connectivity index (χ1v) is 8.65. The molecule has 1 aliphatic rings. The van der Waals surface area contributed by atoms with Crippen molar-refractivity contribution in [1.82, 2.24) is 4.31 Å². The molecule has 1 saturated carbocycles. The lowest BCUT2D eigenvalue weighted by Gasteiger charge is -2.29. The quantitative estimate of drug-likeness (QED) is 0.862. The maximum absolute atomic E-state index is 12.7. The first-order valence-electron chi connectivity index (χ1n) is 7.21. The minimum atomic E-state index is -3.50. The van der Waals surface area contributed by atoms with Gasteiger partial charge in [-0.05, 0) is 43.4 Å². The Kier molecular flexibility index (Phi) is 5.04. The van der Waals surface area contributed by atoms with E-state index in [-0.39, 0.29) is 11.4 Å². The van der Waals surface area contributed by atoms with Crippen molar-refractivity contribution < 1.29 is 8.42 Å². The summed E-state index contributed by atoms with van der Waals surface area (Å²) in [6, 6.07) is 5.24. The summed E-state index contributed by atoms with van der Waals surface area (Å²) in [5.41, 5.74) is 6.90. The molecule has 0 spiro atoms. The van der Waals surface area contributed by atoms with Crippen molar-refractivity contribution in [1.29, 1.82) is 0 Å². The molecule has 1 fully saturated rings. The van der Waals surface area contributed by atoms with Gasteiger partial charge >= 0.3 is 0 Å². The summed E-state index contributed by atoms with van der Waals surface area (Å²) < 4.78 is 26.9. The highest BCUT2D eigenvalue weighted by Crippen LogP contribution is 2.29. The normalized spacial score (nSPS) is 15.4. The molecule has 4 nitrogen and oxygen atoms in total. The zero-order valence-corrected chi connectivity index (χ0v) is 13.4. The van der Waals surface area contributed by atoms with Crippen LogP contribution in [0.15, 0.2) is 23.1 Å². The third-order valence-corrected chi connectivity index (χ3v) is 5.77. The molecule has 0 bridgehead atoms. The smallest absolute Gasteiger partial charge is 0.244 e. The molecular formula is C16H22N2O2S. The highest BCUT2D eigenvalue weighted by atomic mass is 32.2. The van der Waals surface area contributed by atoms with Crippen LogP contribution in [0.4, 0.5) is 0 Å². The molecule has 0 unspecified atom stereocenters. The lowest BCUT2D eigenvalue weighted by molar-refractivity contribution is 0.263. The van der Waals surface area contributed by atoms with E-state index < -0.39 is 10.0 Å². The van der Waals surface area contributed by atoms with Gasteiger partial charge in [0, 0.05) is 19.2 Å².